The van der Waals surface area contributed by atoms with Gasteiger partial charge in [0, 0.05) is 0 Å². The summed E-state index contributed by atoms with van der Waals surface area (Å²) in [4.78, 5) is 10.6. The van der Waals surface area contributed by atoms with Crippen molar-refractivity contribution >= 4 is 5.97 Å². The van der Waals surface area contributed by atoms with Gasteiger partial charge in [0.1, 0.15) is 11.6 Å². The summed E-state index contributed by atoms with van der Waals surface area (Å²) in [6, 6.07) is 1.65. The Morgan fingerprint density at radius 3 is 2.62 bits per heavy atom. The zero-order valence-electron chi connectivity index (χ0n) is 7.45. The van der Waals surface area contributed by atoms with E-state index in [1.54, 1.807) is 31.2 Å². The number of carboxylic acids is 1. The van der Waals surface area contributed by atoms with E-state index in [0.717, 1.165) is 0 Å². The average Bonchev–Trinajstić information content (AvgIpc) is 2.05. The highest BCUT2D eigenvalue weighted by atomic mass is 16.4. The minimum atomic E-state index is -1.20. The van der Waals surface area contributed by atoms with Crippen molar-refractivity contribution in [2.24, 2.45) is 0 Å². The molecule has 0 atom stereocenters. The van der Waals surface area contributed by atoms with E-state index in [2.05, 4.69) is 6.58 Å². The monoisotopic (exact) mass is 177 g/mol. The van der Waals surface area contributed by atoms with Gasteiger partial charge < -0.3 is 5.11 Å². The predicted octanol–water partition coefficient (Wildman–Crippen LogP) is 2.04. The van der Waals surface area contributed by atoms with E-state index < -0.39 is 5.97 Å². The second-order valence-corrected chi connectivity index (χ2v) is 2.31. The molecule has 3 heteroatoms. The molecule has 0 saturated heterocycles. The quantitative estimate of drug-likeness (QED) is 0.309. The van der Waals surface area contributed by atoms with Crippen molar-refractivity contribution in [3.63, 3.8) is 0 Å². The zero-order chi connectivity index (χ0) is 10.3. The molecule has 68 valence electrons. The van der Waals surface area contributed by atoms with Crippen LogP contribution in [-0.4, -0.2) is 11.1 Å². The third-order valence-corrected chi connectivity index (χ3v) is 1.38. The molecule has 0 fully saturated rings. The molecule has 0 radical (unpaired) electrons. The summed E-state index contributed by atoms with van der Waals surface area (Å²) < 4.78 is 0. The molecule has 0 aliphatic heterocycles. The van der Waals surface area contributed by atoms with E-state index >= 15 is 0 Å². The van der Waals surface area contributed by atoms with Crippen LogP contribution in [0.3, 0.4) is 0 Å². The summed E-state index contributed by atoms with van der Waals surface area (Å²) >= 11 is 0. The van der Waals surface area contributed by atoms with Crippen molar-refractivity contribution in [1.82, 2.24) is 0 Å². The van der Waals surface area contributed by atoms with Crippen LogP contribution in [0.1, 0.15) is 13.3 Å². The van der Waals surface area contributed by atoms with Gasteiger partial charge in [-0.1, -0.05) is 18.2 Å². The molecular weight excluding hydrogens is 166 g/mol. The molecule has 0 unspecified atom stereocenters. The van der Waals surface area contributed by atoms with Crippen LogP contribution in [0.5, 0.6) is 0 Å². The van der Waals surface area contributed by atoms with E-state index in [1.165, 1.54) is 0 Å². The van der Waals surface area contributed by atoms with E-state index in [-0.39, 0.29) is 5.57 Å². The second-order valence-electron chi connectivity index (χ2n) is 2.31. The van der Waals surface area contributed by atoms with Gasteiger partial charge in [0.2, 0.25) is 0 Å². The van der Waals surface area contributed by atoms with Crippen LogP contribution >= 0.6 is 0 Å². The molecule has 0 amide bonds. The average molecular weight is 177 g/mol. The van der Waals surface area contributed by atoms with Gasteiger partial charge in [0.15, 0.2) is 0 Å². The molecular formula is C10H11NO2. The highest BCUT2D eigenvalue weighted by molar-refractivity contribution is 5.92. The van der Waals surface area contributed by atoms with Gasteiger partial charge >= 0.3 is 5.97 Å². The number of allylic oxidation sites excluding steroid dienone is 4. The first-order valence-electron chi connectivity index (χ1n) is 3.77. The van der Waals surface area contributed by atoms with Crippen LogP contribution in [0.4, 0.5) is 0 Å². The molecule has 0 aliphatic carbocycles. The van der Waals surface area contributed by atoms with Gasteiger partial charge in [0.25, 0.3) is 0 Å². The van der Waals surface area contributed by atoms with E-state index in [1.807, 2.05) is 0 Å². The molecule has 0 aromatic rings. The maximum absolute atomic E-state index is 10.6. The summed E-state index contributed by atoms with van der Waals surface area (Å²) in [7, 11) is 0. The van der Waals surface area contributed by atoms with Crippen LogP contribution in [-0.2, 0) is 4.79 Å². The lowest BCUT2D eigenvalue weighted by molar-refractivity contribution is -0.132. The Kier molecular flexibility index (Phi) is 4.97. The van der Waals surface area contributed by atoms with Crippen molar-refractivity contribution in [1.29, 1.82) is 5.26 Å². The van der Waals surface area contributed by atoms with Crippen molar-refractivity contribution in [3.05, 3.63) is 36.0 Å². The molecule has 3 nitrogen and oxygen atoms in total. The molecule has 0 aromatic heterocycles. The van der Waals surface area contributed by atoms with Crippen LogP contribution in [0, 0.1) is 11.3 Å². The summed E-state index contributed by atoms with van der Waals surface area (Å²) in [6.45, 7) is 5.25. The second kappa shape index (κ2) is 5.78. The summed E-state index contributed by atoms with van der Waals surface area (Å²) in [6.07, 6.45) is 5.25. The predicted molar refractivity (Wildman–Crippen MR) is 49.9 cm³/mol. The van der Waals surface area contributed by atoms with E-state index in [4.69, 9.17) is 10.4 Å². The first-order valence-corrected chi connectivity index (χ1v) is 3.77. The van der Waals surface area contributed by atoms with Gasteiger partial charge in [-0.15, -0.1) is 6.58 Å². The van der Waals surface area contributed by atoms with Gasteiger partial charge in [-0.05, 0) is 18.9 Å². The van der Waals surface area contributed by atoms with Gasteiger partial charge in [0.05, 0.1) is 0 Å². The Hall–Kier alpha value is -1.82. The fourth-order valence-corrected chi connectivity index (χ4v) is 0.867. The molecule has 0 spiro atoms. The Bertz CT molecular complexity index is 305. The number of carboxylic acid groups (broad SMARTS) is 1. The summed E-state index contributed by atoms with van der Waals surface area (Å²) in [5.74, 6) is -1.20. The zero-order valence-corrected chi connectivity index (χ0v) is 7.45. The van der Waals surface area contributed by atoms with Crippen LogP contribution in [0.2, 0.25) is 0 Å². The van der Waals surface area contributed by atoms with Gasteiger partial charge in [-0.2, -0.15) is 5.26 Å². The maximum atomic E-state index is 10.6. The topological polar surface area (TPSA) is 61.1 Å². The number of nitriles is 1. The molecule has 1 N–H and O–H groups in total. The Balaban J connectivity index is 5.14. The molecule has 0 heterocycles. The van der Waals surface area contributed by atoms with Crippen LogP contribution in [0.25, 0.3) is 0 Å². The number of rotatable bonds is 4. The minimum Gasteiger partial charge on any atom is -0.477 e. The van der Waals surface area contributed by atoms with Gasteiger partial charge in [-0.25, -0.2) is 4.79 Å². The van der Waals surface area contributed by atoms with E-state index in [0.29, 0.717) is 12.0 Å². The normalized spacial score (nSPS) is 12.0. The fourth-order valence-electron chi connectivity index (χ4n) is 0.867. The lowest BCUT2D eigenvalue weighted by Gasteiger charge is -1.98. The smallest absolute Gasteiger partial charge is 0.346 e. The molecule has 0 aliphatic rings. The number of hydrogen-bond donors (Lipinski definition) is 1. The third kappa shape index (κ3) is 3.39. The standard InChI is InChI=1S/C10H11NO2/c1-3-5-8(6-4-2)9(7-11)10(12)13/h3-4,6H,1,5H2,2H3,(H,12,13). The molecule has 0 saturated carbocycles. The maximum Gasteiger partial charge on any atom is 0.346 e. The Morgan fingerprint density at radius 1 is 1.69 bits per heavy atom. The molecule has 13 heavy (non-hydrogen) atoms. The highest BCUT2D eigenvalue weighted by Gasteiger charge is 2.10. The Labute approximate surface area is 77.3 Å². The number of aliphatic carboxylic acids is 1. The lowest BCUT2D eigenvalue weighted by Crippen LogP contribution is -2.01. The fraction of sp³-hybridized carbons (Fsp3) is 0.200. The van der Waals surface area contributed by atoms with Crippen LogP contribution < -0.4 is 0 Å². The first-order chi connectivity index (χ1) is 6.17. The van der Waals surface area contributed by atoms with Crippen molar-refractivity contribution in [2.75, 3.05) is 0 Å². The number of hydrogen-bond acceptors (Lipinski definition) is 2. The third-order valence-electron chi connectivity index (χ3n) is 1.38. The summed E-state index contributed by atoms with van der Waals surface area (Å²) in [5.41, 5.74) is 0.255. The minimum absolute atomic E-state index is 0.224. The largest absolute Gasteiger partial charge is 0.477 e. The van der Waals surface area contributed by atoms with Crippen molar-refractivity contribution in [3.8, 4) is 6.07 Å². The first kappa shape index (κ1) is 11.2. The summed E-state index contributed by atoms with van der Waals surface area (Å²) in [5, 5.41) is 17.2. The van der Waals surface area contributed by atoms with E-state index in [9.17, 15) is 4.79 Å². The van der Waals surface area contributed by atoms with Crippen LogP contribution in [0.15, 0.2) is 36.0 Å². The SMILES string of the molecule is C=CCC(C=CC)=C(C#N)C(=O)O. The Morgan fingerprint density at radius 2 is 2.31 bits per heavy atom. The molecule has 0 bridgehead atoms. The number of carbonyl (C=O) groups is 1. The number of nitrogens with zero attached hydrogens (tertiary/aromatic N) is 1. The van der Waals surface area contributed by atoms with Crippen molar-refractivity contribution < 1.29 is 9.90 Å². The molecule has 0 aromatic carbocycles. The van der Waals surface area contributed by atoms with Gasteiger partial charge in [-0.3, -0.25) is 0 Å². The van der Waals surface area contributed by atoms with Crippen molar-refractivity contribution in [2.45, 2.75) is 13.3 Å². The lowest BCUT2D eigenvalue weighted by atomic mass is 10.1. The highest BCUT2D eigenvalue weighted by Crippen LogP contribution is 2.11. The molecule has 0 rings (SSSR count).